The first-order valence-electron chi connectivity index (χ1n) is 10.6. The third-order valence-electron chi connectivity index (χ3n) is 4.86. The number of sulfonamides is 1. The fourth-order valence-corrected chi connectivity index (χ4v) is 5.51. The van der Waals surface area contributed by atoms with Gasteiger partial charge in [0, 0.05) is 33.7 Å². The van der Waals surface area contributed by atoms with E-state index >= 15 is 0 Å². The molecule has 34 heavy (non-hydrogen) atoms. The molecule has 0 bridgehead atoms. The summed E-state index contributed by atoms with van der Waals surface area (Å²) in [5.74, 6) is 1.85. The van der Waals surface area contributed by atoms with Gasteiger partial charge in [-0.25, -0.2) is 13.4 Å². The minimum absolute atomic E-state index is 0.302. The normalized spacial score (nSPS) is 11.1. The lowest BCUT2D eigenvalue weighted by atomic mass is 10.3. The van der Waals surface area contributed by atoms with Crippen LogP contribution >= 0.6 is 11.3 Å². The number of rotatable bonds is 9. The van der Waals surface area contributed by atoms with E-state index in [2.05, 4.69) is 25.3 Å². The van der Waals surface area contributed by atoms with E-state index in [0.717, 1.165) is 34.1 Å². The maximum Gasteiger partial charge on any atom is 0.271 e. The predicted octanol–water partition coefficient (Wildman–Crippen LogP) is 5.71. The highest BCUT2D eigenvalue weighted by atomic mass is 32.2. The lowest BCUT2D eigenvalue weighted by molar-refractivity contribution is 0.415. The molecule has 3 N–H and O–H groups in total. The van der Waals surface area contributed by atoms with Gasteiger partial charge in [-0.15, -0.1) is 11.3 Å². The van der Waals surface area contributed by atoms with Crippen LogP contribution in [0.1, 0.15) is 17.5 Å². The van der Waals surface area contributed by atoms with Gasteiger partial charge in [-0.05, 0) is 74.0 Å². The SMILES string of the molecule is CCc1ccc(S(=O)(=O)Nc2ccc(Nc3nc(C)cc(Nc4ccc(OC)cc4)n3)cc2)s1. The molecule has 0 atom stereocenters. The van der Waals surface area contributed by atoms with Crippen molar-refractivity contribution in [3.05, 3.63) is 77.3 Å². The summed E-state index contributed by atoms with van der Waals surface area (Å²) in [6.45, 7) is 3.88. The zero-order valence-electron chi connectivity index (χ0n) is 19.0. The summed E-state index contributed by atoms with van der Waals surface area (Å²) >= 11 is 1.28. The lowest BCUT2D eigenvalue weighted by Gasteiger charge is -2.11. The molecule has 2 aromatic carbocycles. The van der Waals surface area contributed by atoms with E-state index in [4.69, 9.17) is 4.74 Å². The van der Waals surface area contributed by atoms with Crippen molar-refractivity contribution in [2.45, 2.75) is 24.5 Å². The molecule has 0 saturated heterocycles. The molecule has 0 saturated carbocycles. The maximum atomic E-state index is 12.6. The Kier molecular flexibility index (Phi) is 6.99. The molecular weight excluding hydrogens is 470 g/mol. The molecule has 0 spiro atoms. The second-order valence-electron chi connectivity index (χ2n) is 7.45. The van der Waals surface area contributed by atoms with E-state index < -0.39 is 10.0 Å². The average molecular weight is 496 g/mol. The predicted molar refractivity (Wildman–Crippen MR) is 137 cm³/mol. The smallest absolute Gasteiger partial charge is 0.271 e. The molecule has 4 aromatic rings. The number of anilines is 5. The van der Waals surface area contributed by atoms with Gasteiger partial charge >= 0.3 is 0 Å². The number of ether oxygens (including phenoxy) is 1. The van der Waals surface area contributed by atoms with E-state index in [1.807, 2.05) is 50.2 Å². The number of benzene rings is 2. The number of thiophene rings is 1. The number of aromatic nitrogens is 2. The summed E-state index contributed by atoms with van der Waals surface area (Å²) in [7, 11) is -1.99. The van der Waals surface area contributed by atoms with Gasteiger partial charge in [0.1, 0.15) is 15.8 Å². The van der Waals surface area contributed by atoms with Crippen molar-refractivity contribution in [3.63, 3.8) is 0 Å². The van der Waals surface area contributed by atoms with Gasteiger partial charge in [-0.1, -0.05) is 6.92 Å². The molecule has 176 valence electrons. The molecule has 0 fully saturated rings. The summed E-state index contributed by atoms with van der Waals surface area (Å²) in [5, 5.41) is 6.42. The molecule has 0 aliphatic carbocycles. The van der Waals surface area contributed by atoms with Gasteiger partial charge in [0.15, 0.2) is 0 Å². The minimum Gasteiger partial charge on any atom is -0.497 e. The summed E-state index contributed by atoms with van der Waals surface area (Å²) in [6.07, 6.45) is 0.804. The monoisotopic (exact) mass is 495 g/mol. The maximum absolute atomic E-state index is 12.6. The van der Waals surface area contributed by atoms with Crippen LogP contribution in [-0.2, 0) is 16.4 Å². The Morgan fingerprint density at radius 3 is 2.18 bits per heavy atom. The van der Waals surface area contributed by atoms with Gasteiger partial charge in [0.25, 0.3) is 10.0 Å². The van der Waals surface area contributed by atoms with E-state index in [0.29, 0.717) is 21.7 Å². The third-order valence-corrected chi connectivity index (χ3v) is 7.96. The van der Waals surface area contributed by atoms with Gasteiger partial charge in [-0.3, -0.25) is 4.72 Å². The van der Waals surface area contributed by atoms with Crippen molar-refractivity contribution < 1.29 is 13.2 Å². The molecule has 8 nitrogen and oxygen atoms in total. The molecule has 2 aromatic heterocycles. The van der Waals surface area contributed by atoms with Crippen LogP contribution < -0.4 is 20.1 Å². The van der Waals surface area contributed by atoms with Crippen molar-refractivity contribution >= 4 is 50.2 Å². The van der Waals surface area contributed by atoms with Crippen LogP contribution in [0.3, 0.4) is 0 Å². The lowest BCUT2D eigenvalue weighted by Crippen LogP contribution is -2.11. The zero-order chi connectivity index (χ0) is 24.1. The largest absolute Gasteiger partial charge is 0.497 e. The summed E-state index contributed by atoms with van der Waals surface area (Å²) in [6, 6.07) is 19.8. The van der Waals surface area contributed by atoms with Gasteiger partial charge in [-0.2, -0.15) is 4.98 Å². The second-order valence-corrected chi connectivity index (χ2v) is 10.5. The Hall–Kier alpha value is -3.63. The molecule has 0 unspecified atom stereocenters. The van der Waals surface area contributed by atoms with Crippen LogP contribution in [0.2, 0.25) is 0 Å². The van der Waals surface area contributed by atoms with Crippen molar-refractivity contribution in [2.75, 3.05) is 22.5 Å². The van der Waals surface area contributed by atoms with E-state index in [-0.39, 0.29) is 0 Å². The molecule has 0 aliphatic heterocycles. The van der Waals surface area contributed by atoms with Crippen molar-refractivity contribution in [3.8, 4) is 5.75 Å². The highest BCUT2D eigenvalue weighted by molar-refractivity contribution is 7.94. The van der Waals surface area contributed by atoms with Gasteiger partial charge in [0.05, 0.1) is 7.11 Å². The number of hydrogen-bond acceptors (Lipinski definition) is 8. The number of nitrogens with zero attached hydrogens (tertiary/aromatic N) is 2. The fourth-order valence-electron chi connectivity index (χ4n) is 3.16. The van der Waals surface area contributed by atoms with Crippen LogP contribution in [-0.4, -0.2) is 25.5 Å². The Morgan fingerprint density at radius 2 is 1.53 bits per heavy atom. The highest BCUT2D eigenvalue weighted by Crippen LogP contribution is 2.26. The fraction of sp³-hybridized carbons (Fsp3) is 0.167. The third kappa shape index (κ3) is 5.83. The van der Waals surface area contributed by atoms with Crippen LogP contribution in [0.4, 0.5) is 28.8 Å². The second kappa shape index (κ2) is 10.1. The molecule has 0 aliphatic rings. The van der Waals surface area contributed by atoms with Crippen LogP contribution in [0.5, 0.6) is 5.75 Å². The van der Waals surface area contributed by atoms with E-state index in [1.54, 1.807) is 37.4 Å². The first-order valence-corrected chi connectivity index (χ1v) is 12.9. The number of hydrogen-bond donors (Lipinski definition) is 3. The molecule has 2 heterocycles. The van der Waals surface area contributed by atoms with Crippen molar-refractivity contribution in [1.29, 1.82) is 0 Å². The standard InChI is InChI=1S/C24H25N5O3S2/c1-4-21-13-14-23(33-21)34(30,31)29-19-7-5-18(6-8-19)27-24-25-16(2)15-22(28-24)26-17-9-11-20(32-3)12-10-17/h5-15,29H,4H2,1-3H3,(H2,25,26,27,28). The van der Waals surface area contributed by atoms with Crippen LogP contribution in [0.25, 0.3) is 0 Å². The van der Waals surface area contributed by atoms with Gasteiger partial charge < -0.3 is 15.4 Å². The van der Waals surface area contributed by atoms with Crippen molar-refractivity contribution in [1.82, 2.24) is 9.97 Å². The van der Waals surface area contributed by atoms with Gasteiger partial charge in [0.2, 0.25) is 5.95 Å². The van der Waals surface area contributed by atoms with Crippen molar-refractivity contribution in [2.24, 2.45) is 0 Å². The van der Waals surface area contributed by atoms with Crippen LogP contribution in [0, 0.1) is 6.92 Å². The van der Waals surface area contributed by atoms with E-state index in [9.17, 15) is 8.42 Å². The molecule has 10 heteroatoms. The number of aryl methyl sites for hydroxylation is 2. The average Bonchev–Trinajstić information content (AvgIpc) is 3.31. The molecule has 0 radical (unpaired) electrons. The van der Waals surface area contributed by atoms with Crippen LogP contribution in [0.15, 0.2) is 70.9 Å². The molecular formula is C24H25N5O3S2. The topological polar surface area (TPSA) is 105 Å². The number of nitrogens with one attached hydrogen (secondary N) is 3. The summed E-state index contributed by atoms with van der Waals surface area (Å²) < 4.78 is 33.3. The number of methoxy groups -OCH3 is 1. The Morgan fingerprint density at radius 1 is 0.882 bits per heavy atom. The first-order chi connectivity index (χ1) is 16.3. The zero-order valence-corrected chi connectivity index (χ0v) is 20.6. The first kappa shape index (κ1) is 23.5. The highest BCUT2D eigenvalue weighted by Gasteiger charge is 2.16. The molecule has 4 rings (SSSR count). The summed E-state index contributed by atoms with van der Waals surface area (Å²) in [5.41, 5.74) is 2.87. The Labute approximate surface area is 203 Å². The Balaban J connectivity index is 1.44. The van der Waals surface area contributed by atoms with E-state index in [1.165, 1.54) is 11.3 Å². The molecule has 0 amide bonds. The minimum atomic E-state index is -3.61. The summed E-state index contributed by atoms with van der Waals surface area (Å²) in [4.78, 5) is 9.99. The quantitative estimate of drug-likeness (QED) is 0.273. The Bertz CT molecular complexity index is 1370.